The van der Waals surface area contributed by atoms with E-state index in [1.54, 1.807) is 25.0 Å². The van der Waals surface area contributed by atoms with Crippen LogP contribution in [0.5, 0.6) is 5.75 Å². The zero-order valence-corrected chi connectivity index (χ0v) is 11.1. The molecule has 0 saturated heterocycles. The predicted molar refractivity (Wildman–Crippen MR) is 68.5 cm³/mol. The minimum Gasteiger partial charge on any atom is -0.496 e. The van der Waals surface area contributed by atoms with Gasteiger partial charge < -0.3 is 4.74 Å². The fraction of sp³-hybridized carbons (Fsp3) is 0.462. The highest BCUT2D eigenvalue weighted by molar-refractivity contribution is 7.98. The quantitative estimate of drug-likeness (QED) is 0.467. The van der Waals surface area contributed by atoms with E-state index in [2.05, 4.69) is 11.1 Å². The van der Waals surface area contributed by atoms with E-state index in [0.717, 1.165) is 34.6 Å². The summed E-state index contributed by atoms with van der Waals surface area (Å²) in [6, 6.07) is 4.10. The van der Waals surface area contributed by atoms with E-state index in [1.807, 2.05) is 19.2 Å². The van der Waals surface area contributed by atoms with Crippen LogP contribution in [0.15, 0.2) is 22.0 Å². The number of methoxy groups -OCH3 is 1. The van der Waals surface area contributed by atoms with Crippen molar-refractivity contribution in [3.8, 4) is 5.75 Å². The summed E-state index contributed by atoms with van der Waals surface area (Å²) in [5.74, 6) is 0.855. The van der Waals surface area contributed by atoms with Gasteiger partial charge in [0.1, 0.15) is 11.3 Å². The van der Waals surface area contributed by atoms with Gasteiger partial charge in [-0.1, -0.05) is 6.07 Å². The zero-order valence-electron chi connectivity index (χ0n) is 10.2. The largest absolute Gasteiger partial charge is 0.496 e. The molecule has 90 valence electrons. The minimum absolute atomic E-state index is 0.378. The van der Waals surface area contributed by atoms with Crippen LogP contribution in [0.4, 0.5) is 0 Å². The van der Waals surface area contributed by atoms with Crippen LogP contribution in [0.2, 0.25) is 0 Å². The van der Waals surface area contributed by atoms with Crippen LogP contribution in [-0.4, -0.2) is 19.4 Å². The molecular formula is C13H15NO2S. The maximum absolute atomic E-state index is 10.6. The Morgan fingerprint density at radius 2 is 2.18 bits per heavy atom. The lowest BCUT2D eigenvalue weighted by molar-refractivity contribution is 0.399. The molecule has 1 aliphatic rings. The van der Waals surface area contributed by atoms with Crippen LogP contribution in [0.1, 0.15) is 24.0 Å². The maximum atomic E-state index is 10.6. The van der Waals surface area contributed by atoms with E-state index < -0.39 is 0 Å². The first-order valence-corrected chi connectivity index (χ1v) is 6.72. The summed E-state index contributed by atoms with van der Waals surface area (Å²) in [5, 5.41) is 0. The molecule has 0 radical (unpaired) electrons. The van der Waals surface area contributed by atoms with Crippen molar-refractivity contribution in [2.45, 2.75) is 30.2 Å². The highest BCUT2D eigenvalue weighted by atomic mass is 32.2. The van der Waals surface area contributed by atoms with Gasteiger partial charge in [-0.3, -0.25) is 0 Å². The molecule has 0 bridgehead atoms. The molecule has 0 N–H and O–H groups in total. The van der Waals surface area contributed by atoms with Gasteiger partial charge in [0, 0.05) is 10.5 Å². The summed E-state index contributed by atoms with van der Waals surface area (Å²) in [5.41, 5.74) is 1.75. The summed E-state index contributed by atoms with van der Waals surface area (Å²) in [7, 11) is 1.66. The molecule has 2 rings (SSSR count). The smallest absolute Gasteiger partial charge is 0.235 e. The highest BCUT2D eigenvalue weighted by Gasteiger charge is 2.48. The molecule has 4 heteroatoms. The standard InChI is InChI=1S/C13H15NO2S/c1-9-4-5-10(17-3)11(12(9)16-2)13(6-7-13)14-8-15/h4-5H,6-7H2,1-3H3. The number of isocyanates is 1. The Morgan fingerprint density at radius 1 is 1.47 bits per heavy atom. The van der Waals surface area contributed by atoms with Crippen LogP contribution in [0, 0.1) is 6.92 Å². The summed E-state index contributed by atoms with van der Waals surface area (Å²) in [4.78, 5) is 15.7. The van der Waals surface area contributed by atoms with Crippen LogP contribution in [0.25, 0.3) is 0 Å². The molecule has 0 spiro atoms. The van der Waals surface area contributed by atoms with Gasteiger partial charge in [-0.2, -0.15) is 4.99 Å². The first kappa shape index (κ1) is 12.2. The third kappa shape index (κ3) is 1.99. The third-order valence-corrected chi connectivity index (χ3v) is 3.97. The number of nitrogens with zero attached hydrogens (tertiary/aromatic N) is 1. The second-order valence-electron chi connectivity index (χ2n) is 4.23. The van der Waals surface area contributed by atoms with E-state index in [9.17, 15) is 4.79 Å². The summed E-state index contributed by atoms with van der Waals surface area (Å²) in [6.07, 6.45) is 5.52. The molecule has 1 fully saturated rings. The molecule has 0 aromatic heterocycles. The van der Waals surface area contributed by atoms with Crippen molar-refractivity contribution >= 4 is 17.8 Å². The zero-order chi connectivity index (χ0) is 12.5. The van der Waals surface area contributed by atoms with Crippen LogP contribution in [-0.2, 0) is 10.3 Å². The van der Waals surface area contributed by atoms with Crippen molar-refractivity contribution in [2.75, 3.05) is 13.4 Å². The fourth-order valence-electron chi connectivity index (χ4n) is 2.17. The lowest BCUT2D eigenvalue weighted by atomic mass is 10.0. The van der Waals surface area contributed by atoms with Gasteiger partial charge in [0.05, 0.1) is 7.11 Å². The molecule has 1 aromatic carbocycles. The number of carbonyl (C=O) groups excluding carboxylic acids is 1. The van der Waals surface area contributed by atoms with Gasteiger partial charge in [-0.05, 0) is 37.7 Å². The summed E-state index contributed by atoms with van der Waals surface area (Å²) >= 11 is 1.66. The van der Waals surface area contributed by atoms with Gasteiger partial charge in [0.2, 0.25) is 6.08 Å². The van der Waals surface area contributed by atoms with E-state index in [1.165, 1.54) is 0 Å². The Hall–Kier alpha value is -1.25. The van der Waals surface area contributed by atoms with E-state index in [4.69, 9.17) is 4.74 Å². The van der Waals surface area contributed by atoms with Gasteiger partial charge in [-0.25, -0.2) is 4.79 Å². The third-order valence-electron chi connectivity index (χ3n) is 3.19. The summed E-state index contributed by atoms with van der Waals surface area (Å²) in [6.45, 7) is 2.01. The lowest BCUT2D eigenvalue weighted by Gasteiger charge is -2.19. The maximum Gasteiger partial charge on any atom is 0.235 e. The lowest BCUT2D eigenvalue weighted by Crippen LogP contribution is -2.08. The number of rotatable bonds is 4. The normalized spacial score (nSPS) is 16.2. The second kappa shape index (κ2) is 4.55. The van der Waals surface area contributed by atoms with Crippen molar-refractivity contribution in [3.05, 3.63) is 23.3 Å². The average Bonchev–Trinajstić information content (AvgIpc) is 3.10. The van der Waals surface area contributed by atoms with Crippen molar-refractivity contribution in [3.63, 3.8) is 0 Å². The van der Waals surface area contributed by atoms with Gasteiger partial charge in [0.25, 0.3) is 0 Å². The van der Waals surface area contributed by atoms with Gasteiger partial charge >= 0.3 is 0 Å². The number of aryl methyl sites for hydroxylation is 1. The molecular weight excluding hydrogens is 234 g/mol. The number of benzene rings is 1. The SMILES string of the molecule is COc1c(C)ccc(SC)c1C1(N=C=O)CC1. The van der Waals surface area contributed by atoms with Crippen LogP contribution >= 0.6 is 11.8 Å². The van der Waals surface area contributed by atoms with E-state index in [0.29, 0.717) is 0 Å². The van der Waals surface area contributed by atoms with E-state index in [-0.39, 0.29) is 5.54 Å². The molecule has 3 nitrogen and oxygen atoms in total. The molecule has 0 heterocycles. The monoisotopic (exact) mass is 249 g/mol. The predicted octanol–water partition coefficient (Wildman–Crippen LogP) is 3.05. The molecule has 17 heavy (non-hydrogen) atoms. The molecule has 0 unspecified atom stereocenters. The number of thioether (sulfide) groups is 1. The Bertz CT molecular complexity index is 488. The number of hydrogen-bond donors (Lipinski definition) is 0. The molecule has 0 atom stereocenters. The molecule has 1 aromatic rings. The first-order chi connectivity index (χ1) is 8.18. The topological polar surface area (TPSA) is 38.7 Å². The summed E-state index contributed by atoms with van der Waals surface area (Å²) < 4.78 is 5.49. The average molecular weight is 249 g/mol. The van der Waals surface area contributed by atoms with Crippen molar-refractivity contribution in [1.82, 2.24) is 0 Å². The Kier molecular flexibility index (Phi) is 3.27. The number of aliphatic imine (C=N–C) groups is 1. The highest BCUT2D eigenvalue weighted by Crippen LogP contribution is 2.55. The van der Waals surface area contributed by atoms with Gasteiger partial charge in [0.15, 0.2) is 0 Å². The first-order valence-electron chi connectivity index (χ1n) is 5.49. The minimum atomic E-state index is -0.378. The van der Waals surface area contributed by atoms with Crippen molar-refractivity contribution in [2.24, 2.45) is 4.99 Å². The molecule has 1 aliphatic carbocycles. The Morgan fingerprint density at radius 3 is 2.65 bits per heavy atom. The molecule has 1 saturated carbocycles. The van der Waals surface area contributed by atoms with Crippen molar-refractivity contribution < 1.29 is 9.53 Å². The Balaban J connectivity index is 2.65. The van der Waals surface area contributed by atoms with Gasteiger partial charge in [-0.15, -0.1) is 11.8 Å². The van der Waals surface area contributed by atoms with Crippen LogP contribution in [0.3, 0.4) is 0 Å². The number of hydrogen-bond acceptors (Lipinski definition) is 4. The number of ether oxygens (including phenoxy) is 1. The van der Waals surface area contributed by atoms with Crippen molar-refractivity contribution in [1.29, 1.82) is 0 Å². The molecule has 0 aliphatic heterocycles. The van der Waals surface area contributed by atoms with Crippen LogP contribution < -0.4 is 4.74 Å². The van der Waals surface area contributed by atoms with E-state index >= 15 is 0 Å². The Labute approximate surface area is 105 Å². The second-order valence-corrected chi connectivity index (χ2v) is 5.08. The fourth-order valence-corrected chi connectivity index (χ4v) is 2.86. The molecule has 0 amide bonds.